The average molecular weight is 193 g/mol. The Balaban J connectivity index is 2.11. The predicted molar refractivity (Wildman–Crippen MR) is 60.3 cm³/mol. The van der Waals surface area contributed by atoms with Crippen LogP contribution in [0.25, 0.3) is 0 Å². The zero-order valence-corrected chi connectivity index (χ0v) is 8.09. The van der Waals surface area contributed by atoms with E-state index in [4.69, 9.17) is 0 Å². The molecule has 0 saturated carbocycles. The first kappa shape index (κ1) is 8.24. The zero-order chi connectivity index (χ0) is 10.1. The van der Waals surface area contributed by atoms with Crippen molar-refractivity contribution in [2.45, 2.75) is 0 Å². The normalized spacial score (nSPS) is 12.9. The molecule has 2 nitrogen and oxygen atoms in total. The van der Waals surface area contributed by atoms with Crippen molar-refractivity contribution >= 4 is 11.4 Å². The topological polar surface area (TPSA) is 26.5 Å². The highest BCUT2D eigenvalue weighted by Gasteiger charge is 2.17. The second-order valence-electron chi connectivity index (χ2n) is 3.43. The zero-order valence-electron chi connectivity index (χ0n) is 8.09. The van der Waals surface area contributed by atoms with Gasteiger partial charge in [0.2, 0.25) is 0 Å². The monoisotopic (exact) mass is 193 g/mol. The number of nitrogens with zero attached hydrogens (tertiary/aromatic N) is 2. The van der Waals surface area contributed by atoms with Gasteiger partial charge in [0.25, 0.3) is 0 Å². The molecule has 2 aromatic carbocycles. The standard InChI is InChI=1S/C13H9N2/c1-2-6-10(7-3-1)13-11-8-4-5-9-12(11)14-15-13/h1-9H. The largest absolute Gasteiger partial charge is 0.150 e. The van der Waals surface area contributed by atoms with Crippen LogP contribution in [0.4, 0.5) is 5.69 Å². The number of hydrogen-bond donors (Lipinski definition) is 0. The summed E-state index contributed by atoms with van der Waals surface area (Å²) in [4.78, 5) is 0. The minimum atomic E-state index is 0.955. The summed E-state index contributed by atoms with van der Waals surface area (Å²) in [6, 6.07) is 18.2. The second kappa shape index (κ2) is 3.24. The number of fused-ring (bicyclic) bond motifs is 1. The van der Waals surface area contributed by atoms with E-state index in [-0.39, 0.29) is 0 Å². The van der Waals surface area contributed by atoms with Gasteiger partial charge in [-0.3, -0.25) is 0 Å². The van der Waals surface area contributed by atoms with Gasteiger partial charge in [0.1, 0.15) is 5.71 Å². The third-order valence-electron chi connectivity index (χ3n) is 2.46. The molecule has 0 unspecified atom stereocenters. The van der Waals surface area contributed by atoms with E-state index < -0.39 is 0 Å². The van der Waals surface area contributed by atoms with Crippen LogP contribution in [0, 0.1) is 0 Å². The molecule has 0 aromatic heterocycles. The molecular formula is C13H9N2. The second-order valence-corrected chi connectivity index (χ2v) is 3.43. The Kier molecular flexibility index (Phi) is 1.78. The Bertz CT molecular complexity index is 515. The summed E-state index contributed by atoms with van der Waals surface area (Å²) in [6.07, 6.45) is 0. The van der Waals surface area contributed by atoms with Crippen LogP contribution in [-0.2, 0) is 0 Å². The fourth-order valence-electron chi connectivity index (χ4n) is 1.73. The van der Waals surface area contributed by atoms with Crippen molar-refractivity contribution in [1.29, 1.82) is 0 Å². The third kappa shape index (κ3) is 1.31. The van der Waals surface area contributed by atoms with E-state index in [1.165, 1.54) is 0 Å². The molecule has 1 radical (unpaired) electrons. The SMILES string of the molecule is c1ccc(C2=N[N]c3ccccc32)cc1. The summed E-state index contributed by atoms with van der Waals surface area (Å²) in [7, 11) is 0. The smallest absolute Gasteiger partial charge is 0.102 e. The lowest BCUT2D eigenvalue weighted by Crippen LogP contribution is -1.98. The molecule has 0 fully saturated rings. The molecule has 0 amide bonds. The maximum Gasteiger partial charge on any atom is 0.102 e. The van der Waals surface area contributed by atoms with Crippen molar-refractivity contribution in [3.05, 3.63) is 65.7 Å². The Labute approximate surface area is 88.3 Å². The average Bonchev–Trinajstić information content (AvgIpc) is 2.74. The van der Waals surface area contributed by atoms with E-state index >= 15 is 0 Å². The molecule has 0 saturated heterocycles. The van der Waals surface area contributed by atoms with E-state index in [0.717, 1.165) is 22.5 Å². The number of benzene rings is 2. The van der Waals surface area contributed by atoms with Crippen molar-refractivity contribution in [2.24, 2.45) is 5.10 Å². The molecule has 0 bridgehead atoms. The highest BCUT2D eigenvalue weighted by atomic mass is 15.3. The van der Waals surface area contributed by atoms with Gasteiger partial charge < -0.3 is 0 Å². The van der Waals surface area contributed by atoms with Crippen LogP contribution in [0.2, 0.25) is 0 Å². The highest BCUT2D eigenvalue weighted by Crippen LogP contribution is 2.24. The van der Waals surface area contributed by atoms with E-state index in [9.17, 15) is 0 Å². The maximum absolute atomic E-state index is 4.22. The lowest BCUT2D eigenvalue weighted by Gasteiger charge is -2.00. The Morgan fingerprint density at radius 2 is 1.47 bits per heavy atom. The van der Waals surface area contributed by atoms with Crippen LogP contribution in [0.15, 0.2) is 59.7 Å². The summed E-state index contributed by atoms with van der Waals surface area (Å²) in [5.74, 6) is 0. The molecule has 2 aromatic rings. The predicted octanol–water partition coefficient (Wildman–Crippen LogP) is 2.69. The Hall–Kier alpha value is -2.09. The first-order chi connectivity index (χ1) is 7.45. The van der Waals surface area contributed by atoms with Gasteiger partial charge in [-0.15, -0.1) is 10.5 Å². The molecule has 0 spiro atoms. The van der Waals surface area contributed by atoms with Gasteiger partial charge >= 0.3 is 0 Å². The van der Waals surface area contributed by atoms with Gasteiger partial charge in [0.15, 0.2) is 0 Å². The number of hydrogen-bond acceptors (Lipinski definition) is 1. The van der Waals surface area contributed by atoms with Gasteiger partial charge in [0.05, 0.1) is 5.69 Å². The number of rotatable bonds is 1. The molecule has 0 atom stereocenters. The molecule has 71 valence electrons. The first-order valence-corrected chi connectivity index (χ1v) is 4.89. The molecule has 2 heteroatoms. The van der Waals surface area contributed by atoms with Crippen LogP contribution in [-0.4, -0.2) is 5.71 Å². The minimum absolute atomic E-state index is 0.955. The van der Waals surface area contributed by atoms with Crippen molar-refractivity contribution < 1.29 is 0 Å². The maximum atomic E-state index is 4.22. The molecule has 1 aliphatic heterocycles. The lowest BCUT2D eigenvalue weighted by atomic mass is 10.0. The van der Waals surface area contributed by atoms with E-state index in [1.54, 1.807) is 0 Å². The van der Waals surface area contributed by atoms with Crippen LogP contribution >= 0.6 is 0 Å². The molecular weight excluding hydrogens is 184 g/mol. The first-order valence-electron chi connectivity index (χ1n) is 4.89. The van der Waals surface area contributed by atoms with Crippen molar-refractivity contribution in [1.82, 2.24) is 5.43 Å². The Morgan fingerprint density at radius 1 is 0.733 bits per heavy atom. The molecule has 0 aliphatic carbocycles. The van der Waals surface area contributed by atoms with Crippen molar-refractivity contribution in [3.63, 3.8) is 0 Å². The summed E-state index contributed by atoms with van der Waals surface area (Å²) in [5.41, 5.74) is 8.30. The summed E-state index contributed by atoms with van der Waals surface area (Å²) < 4.78 is 0. The third-order valence-corrected chi connectivity index (χ3v) is 2.46. The van der Waals surface area contributed by atoms with Crippen LogP contribution in [0.5, 0.6) is 0 Å². The van der Waals surface area contributed by atoms with Crippen LogP contribution < -0.4 is 5.43 Å². The Morgan fingerprint density at radius 3 is 2.33 bits per heavy atom. The van der Waals surface area contributed by atoms with Crippen LogP contribution in [0.3, 0.4) is 0 Å². The fourth-order valence-corrected chi connectivity index (χ4v) is 1.73. The van der Waals surface area contributed by atoms with Gasteiger partial charge in [-0.25, -0.2) is 0 Å². The van der Waals surface area contributed by atoms with Gasteiger partial charge in [0, 0.05) is 11.1 Å². The van der Waals surface area contributed by atoms with Crippen molar-refractivity contribution in [3.8, 4) is 0 Å². The molecule has 15 heavy (non-hydrogen) atoms. The van der Waals surface area contributed by atoms with Crippen molar-refractivity contribution in [2.75, 3.05) is 0 Å². The summed E-state index contributed by atoms with van der Waals surface area (Å²) >= 11 is 0. The minimum Gasteiger partial charge on any atom is -0.150 e. The summed E-state index contributed by atoms with van der Waals surface area (Å²) in [6.45, 7) is 0. The van der Waals surface area contributed by atoms with Gasteiger partial charge in [-0.05, 0) is 6.07 Å². The van der Waals surface area contributed by atoms with Gasteiger partial charge in [-0.2, -0.15) is 0 Å². The molecule has 0 N–H and O–H groups in total. The quantitative estimate of drug-likeness (QED) is 0.665. The molecule has 3 rings (SSSR count). The van der Waals surface area contributed by atoms with E-state index in [2.05, 4.69) is 28.7 Å². The molecule has 1 heterocycles. The van der Waals surface area contributed by atoms with E-state index in [1.807, 2.05) is 36.4 Å². The molecule has 1 aliphatic rings. The van der Waals surface area contributed by atoms with E-state index in [0.29, 0.717) is 0 Å². The lowest BCUT2D eigenvalue weighted by molar-refractivity contribution is 0.987. The van der Waals surface area contributed by atoms with Gasteiger partial charge in [-0.1, -0.05) is 48.5 Å². The fraction of sp³-hybridized carbons (Fsp3) is 0. The highest BCUT2D eigenvalue weighted by molar-refractivity contribution is 6.17. The summed E-state index contributed by atoms with van der Waals surface area (Å²) in [5, 5.41) is 4.22. The van der Waals surface area contributed by atoms with Crippen LogP contribution in [0.1, 0.15) is 11.1 Å².